The molecule has 0 saturated heterocycles. The molecule has 28 heavy (non-hydrogen) atoms. The van der Waals surface area contributed by atoms with Gasteiger partial charge in [0.15, 0.2) is 23.0 Å². The normalized spacial score (nSPS) is 11.9. The van der Waals surface area contributed by atoms with E-state index >= 15 is 0 Å². The number of aromatic carboxylic acids is 1. The number of fused-ring (bicyclic) bond motifs is 5. The van der Waals surface area contributed by atoms with Gasteiger partial charge in [0.2, 0.25) is 6.79 Å². The fraction of sp³-hybridized carbons (Fsp3) is 0.167. The standard InChI is InChI=1S/C18H13NO8.Na/c1-24-12-4-3-8-9(16(12)25-2)5-11(19(22)23)14-10(18(20)21)6-13-17(15(8)14)27-7-26-13;/h3-6H,7H2,1-2H3,(H,20,21);/q;+1/p-1. The van der Waals surface area contributed by atoms with Crippen molar-refractivity contribution in [1.29, 1.82) is 0 Å². The van der Waals surface area contributed by atoms with Gasteiger partial charge in [0.05, 0.1) is 30.5 Å². The number of carboxylic acids is 1. The molecule has 0 N–H and O–H groups in total. The molecule has 9 nitrogen and oxygen atoms in total. The van der Waals surface area contributed by atoms with Gasteiger partial charge in [-0.3, -0.25) is 10.1 Å². The molecular weight excluding hydrogens is 381 g/mol. The molecule has 1 aliphatic heterocycles. The van der Waals surface area contributed by atoms with Gasteiger partial charge in [-0.05, 0) is 23.6 Å². The molecule has 0 amide bonds. The van der Waals surface area contributed by atoms with Crippen LogP contribution in [0.1, 0.15) is 10.4 Å². The van der Waals surface area contributed by atoms with Crippen LogP contribution in [0.5, 0.6) is 23.0 Å². The summed E-state index contributed by atoms with van der Waals surface area (Å²) in [5, 5.41) is 24.4. The van der Waals surface area contributed by atoms with Gasteiger partial charge in [-0.25, -0.2) is 0 Å². The van der Waals surface area contributed by atoms with E-state index in [1.165, 1.54) is 26.4 Å². The molecule has 0 radical (unpaired) electrons. The third-order valence-corrected chi connectivity index (χ3v) is 4.47. The number of hydrogen-bond donors (Lipinski definition) is 0. The summed E-state index contributed by atoms with van der Waals surface area (Å²) in [7, 11) is 2.86. The molecule has 0 unspecified atom stereocenters. The van der Waals surface area contributed by atoms with Crippen LogP contribution in [-0.4, -0.2) is 31.9 Å². The molecule has 0 bridgehead atoms. The van der Waals surface area contributed by atoms with Crippen molar-refractivity contribution in [2.75, 3.05) is 21.0 Å². The van der Waals surface area contributed by atoms with Crippen molar-refractivity contribution in [3.05, 3.63) is 39.9 Å². The van der Waals surface area contributed by atoms with Gasteiger partial charge in [-0.2, -0.15) is 0 Å². The molecule has 0 spiro atoms. The Morgan fingerprint density at radius 2 is 1.86 bits per heavy atom. The van der Waals surface area contributed by atoms with Crippen LogP contribution in [0.25, 0.3) is 21.5 Å². The summed E-state index contributed by atoms with van der Waals surface area (Å²) in [4.78, 5) is 22.8. The number of nitrogens with zero attached hydrogens (tertiary/aromatic N) is 1. The number of nitro benzene ring substituents is 1. The summed E-state index contributed by atoms with van der Waals surface area (Å²) in [5.41, 5.74) is -0.765. The maximum atomic E-state index is 11.7. The summed E-state index contributed by atoms with van der Waals surface area (Å²) in [6, 6.07) is 5.72. The van der Waals surface area contributed by atoms with Crippen molar-refractivity contribution in [2.24, 2.45) is 0 Å². The molecular formula is C18H12NNaO8. The van der Waals surface area contributed by atoms with E-state index in [1.807, 2.05) is 0 Å². The molecule has 1 aliphatic rings. The second-order valence-electron chi connectivity index (χ2n) is 5.74. The second-order valence-corrected chi connectivity index (χ2v) is 5.74. The largest absolute Gasteiger partial charge is 1.00 e. The van der Waals surface area contributed by atoms with E-state index in [0.29, 0.717) is 16.5 Å². The molecule has 3 aromatic carbocycles. The Hall–Kier alpha value is -2.75. The number of carbonyl (C=O) groups is 1. The van der Waals surface area contributed by atoms with Crippen molar-refractivity contribution in [3.8, 4) is 23.0 Å². The molecule has 0 fully saturated rings. The van der Waals surface area contributed by atoms with Crippen molar-refractivity contribution in [1.82, 2.24) is 0 Å². The number of methoxy groups -OCH3 is 2. The number of hydrogen-bond acceptors (Lipinski definition) is 8. The van der Waals surface area contributed by atoms with E-state index in [4.69, 9.17) is 18.9 Å². The second kappa shape index (κ2) is 7.34. The zero-order chi connectivity index (χ0) is 19.3. The van der Waals surface area contributed by atoms with Gasteiger partial charge in [0.25, 0.3) is 5.69 Å². The SMILES string of the molecule is COc1ccc2c(cc([N+](=O)[O-])c3c(C(=O)[O-])cc4c(c32)OCO4)c1OC.[Na+]. The summed E-state index contributed by atoms with van der Waals surface area (Å²) in [6.07, 6.45) is 0. The Morgan fingerprint density at radius 3 is 2.46 bits per heavy atom. The third kappa shape index (κ3) is 2.79. The zero-order valence-corrected chi connectivity index (χ0v) is 17.2. The van der Waals surface area contributed by atoms with E-state index in [9.17, 15) is 20.0 Å². The van der Waals surface area contributed by atoms with E-state index in [1.54, 1.807) is 12.1 Å². The molecule has 0 atom stereocenters. The van der Waals surface area contributed by atoms with Gasteiger partial charge in [0.1, 0.15) is 0 Å². The van der Waals surface area contributed by atoms with Gasteiger partial charge in [-0.15, -0.1) is 0 Å². The van der Waals surface area contributed by atoms with E-state index in [0.717, 1.165) is 0 Å². The average molecular weight is 393 g/mol. The van der Waals surface area contributed by atoms with Crippen LogP contribution < -0.4 is 53.6 Å². The monoisotopic (exact) mass is 393 g/mol. The Kier molecular flexibility index (Phi) is 5.24. The number of ether oxygens (including phenoxy) is 4. The van der Waals surface area contributed by atoms with Crippen LogP contribution in [0.4, 0.5) is 5.69 Å². The number of benzene rings is 3. The van der Waals surface area contributed by atoms with Gasteiger partial charge < -0.3 is 28.8 Å². The Bertz CT molecular complexity index is 1140. The fourth-order valence-corrected chi connectivity index (χ4v) is 3.39. The number of rotatable bonds is 4. The number of carboxylic acid groups (broad SMARTS) is 1. The van der Waals surface area contributed by atoms with Gasteiger partial charge in [0, 0.05) is 22.4 Å². The van der Waals surface area contributed by atoms with Crippen LogP contribution in [0.15, 0.2) is 24.3 Å². The van der Waals surface area contributed by atoms with Crippen molar-refractivity contribution in [2.45, 2.75) is 0 Å². The van der Waals surface area contributed by atoms with E-state index in [-0.39, 0.29) is 69.9 Å². The molecule has 0 aliphatic carbocycles. The number of carbonyl (C=O) groups excluding carboxylic acids is 1. The summed E-state index contributed by atoms with van der Waals surface area (Å²) < 4.78 is 21.4. The molecule has 10 heteroatoms. The van der Waals surface area contributed by atoms with Crippen molar-refractivity contribution >= 4 is 33.2 Å². The fourth-order valence-electron chi connectivity index (χ4n) is 3.39. The van der Waals surface area contributed by atoms with Crippen LogP contribution >= 0.6 is 0 Å². The first kappa shape index (κ1) is 20.0. The Labute approximate surface area is 180 Å². The maximum absolute atomic E-state index is 11.7. The maximum Gasteiger partial charge on any atom is 1.00 e. The van der Waals surface area contributed by atoms with Gasteiger partial charge in [-0.1, -0.05) is 0 Å². The molecule has 4 rings (SSSR count). The zero-order valence-electron chi connectivity index (χ0n) is 15.2. The van der Waals surface area contributed by atoms with Crippen LogP contribution in [0.2, 0.25) is 0 Å². The molecule has 3 aromatic rings. The quantitative estimate of drug-likeness (QED) is 0.240. The molecule has 0 aromatic heterocycles. The summed E-state index contributed by atoms with van der Waals surface area (Å²) in [5.74, 6) is -0.481. The van der Waals surface area contributed by atoms with Crippen LogP contribution in [-0.2, 0) is 0 Å². The molecule has 138 valence electrons. The van der Waals surface area contributed by atoms with Crippen LogP contribution in [0.3, 0.4) is 0 Å². The minimum Gasteiger partial charge on any atom is -0.545 e. The van der Waals surface area contributed by atoms with Crippen molar-refractivity contribution in [3.63, 3.8) is 0 Å². The number of non-ortho nitro benzene ring substituents is 1. The topological polar surface area (TPSA) is 120 Å². The predicted octanol–water partition coefficient (Wildman–Crippen LogP) is -0.985. The Morgan fingerprint density at radius 1 is 1.11 bits per heavy atom. The smallest absolute Gasteiger partial charge is 0.545 e. The van der Waals surface area contributed by atoms with E-state index in [2.05, 4.69) is 0 Å². The van der Waals surface area contributed by atoms with Crippen LogP contribution in [0, 0.1) is 10.1 Å². The minimum atomic E-state index is -1.55. The number of nitro groups is 1. The first-order valence-electron chi connectivity index (χ1n) is 7.77. The minimum absolute atomic E-state index is 0. The van der Waals surface area contributed by atoms with Crippen molar-refractivity contribution < 1.29 is 63.3 Å². The average Bonchev–Trinajstić information content (AvgIpc) is 3.13. The first-order valence-corrected chi connectivity index (χ1v) is 7.77. The Balaban J connectivity index is 0.00000225. The first-order chi connectivity index (χ1) is 13.0. The predicted molar refractivity (Wildman–Crippen MR) is 91.7 cm³/mol. The summed E-state index contributed by atoms with van der Waals surface area (Å²) >= 11 is 0. The van der Waals surface area contributed by atoms with Gasteiger partial charge >= 0.3 is 29.6 Å². The summed E-state index contributed by atoms with van der Waals surface area (Å²) in [6.45, 7) is -0.127. The molecule has 1 heterocycles. The molecule has 0 saturated carbocycles. The third-order valence-electron chi connectivity index (χ3n) is 4.47. The van der Waals surface area contributed by atoms with E-state index < -0.39 is 16.6 Å².